The summed E-state index contributed by atoms with van der Waals surface area (Å²) in [7, 11) is 1.42. The normalized spacial score (nSPS) is 29.2. The van der Waals surface area contributed by atoms with Crippen molar-refractivity contribution in [2.45, 2.75) is 38.7 Å². The number of hydrogen-bond acceptors (Lipinski definition) is 3. The maximum atomic E-state index is 11.7. The first-order chi connectivity index (χ1) is 7.44. The van der Waals surface area contributed by atoms with Crippen molar-refractivity contribution in [1.29, 1.82) is 0 Å². The Kier molecular flexibility index (Phi) is 3.91. The fourth-order valence-electron chi connectivity index (χ4n) is 2.47. The van der Waals surface area contributed by atoms with Gasteiger partial charge in [-0.25, -0.2) is 0 Å². The van der Waals surface area contributed by atoms with Crippen molar-refractivity contribution < 1.29 is 19.8 Å². The molecule has 16 heavy (non-hydrogen) atoms. The van der Waals surface area contributed by atoms with Crippen molar-refractivity contribution in [3.8, 4) is 0 Å². The summed E-state index contributed by atoms with van der Waals surface area (Å²) in [4.78, 5) is 23.0. The van der Waals surface area contributed by atoms with Gasteiger partial charge in [0, 0.05) is 13.0 Å². The molecule has 1 aliphatic carbocycles. The molecule has 0 radical (unpaired) electrons. The van der Waals surface area contributed by atoms with Gasteiger partial charge in [0.15, 0.2) is 0 Å². The minimum Gasteiger partial charge on any atom is -0.480 e. The van der Waals surface area contributed by atoms with Gasteiger partial charge >= 0.3 is 5.97 Å². The molecule has 3 unspecified atom stereocenters. The standard InChI is InChI=1S/C11H19NO4/c1-11(10(15)16,9(14)12-2)7-5-3-4-6-8(7)13/h7-8,13H,3-6H2,1-2H3,(H,12,14)(H,15,16). The van der Waals surface area contributed by atoms with Crippen molar-refractivity contribution in [3.63, 3.8) is 0 Å². The number of aliphatic carboxylic acids is 1. The van der Waals surface area contributed by atoms with Gasteiger partial charge in [0.1, 0.15) is 5.41 Å². The molecule has 0 aromatic heterocycles. The van der Waals surface area contributed by atoms with E-state index >= 15 is 0 Å². The Bertz CT molecular complexity index is 292. The summed E-state index contributed by atoms with van der Waals surface area (Å²) >= 11 is 0. The molecule has 1 aliphatic rings. The summed E-state index contributed by atoms with van der Waals surface area (Å²) < 4.78 is 0. The molecule has 1 rings (SSSR count). The molecule has 3 atom stereocenters. The third-order valence-electron chi connectivity index (χ3n) is 3.61. The SMILES string of the molecule is CNC(=O)C(C)(C(=O)O)C1CCCCC1O. The third-order valence-corrected chi connectivity index (χ3v) is 3.61. The summed E-state index contributed by atoms with van der Waals surface area (Å²) in [6, 6.07) is 0. The van der Waals surface area contributed by atoms with E-state index in [9.17, 15) is 19.8 Å². The zero-order chi connectivity index (χ0) is 12.3. The Balaban J connectivity index is 3.00. The topological polar surface area (TPSA) is 86.6 Å². The molecule has 0 heterocycles. The summed E-state index contributed by atoms with van der Waals surface area (Å²) in [6.07, 6.45) is 2.21. The van der Waals surface area contributed by atoms with Crippen LogP contribution in [0.15, 0.2) is 0 Å². The number of aliphatic hydroxyl groups excluding tert-OH is 1. The van der Waals surface area contributed by atoms with Gasteiger partial charge in [-0.2, -0.15) is 0 Å². The number of carbonyl (C=O) groups is 2. The van der Waals surface area contributed by atoms with Crippen LogP contribution in [0.3, 0.4) is 0 Å². The molecule has 3 N–H and O–H groups in total. The first-order valence-corrected chi connectivity index (χ1v) is 5.58. The lowest BCUT2D eigenvalue weighted by Gasteiger charge is -2.38. The van der Waals surface area contributed by atoms with E-state index in [1.165, 1.54) is 14.0 Å². The Morgan fingerprint density at radius 1 is 1.31 bits per heavy atom. The molecule has 5 nitrogen and oxygen atoms in total. The van der Waals surface area contributed by atoms with E-state index in [1.54, 1.807) is 0 Å². The minimum absolute atomic E-state index is 0.501. The second-order valence-corrected chi connectivity index (χ2v) is 4.54. The molecule has 5 heteroatoms. The highest BCUT2D eigenvalue weighted by Gasteiger charge is 2.50. The number of hydrogen-bond donors (Lipinski definition) is 3. The average Bonchev–Trinajstić information content (AvgIpc) is 2.27. The zero-order valence-electron chi connectivity index (χ0n) is 9.69. The quantitative estimate of drug-likeness (QED) is 0.610. The molecule has 0 aliphatic heterocycles. The fourth-order valence-corrected chi connectivity index (χ4v) is 2.47. The fraction of sp³-hybridized carbons (Fsp3) is 0.818. The number of rotatable bonds is 3. The number of carbonyl (C=O) groups excluding carboxylic acids is 1. The lowest BCUT2D eigenvalue weighted by atomic mass is 9.68. The highest BCUT2D eigenvalue weighted by Crippen LogP contribution is 2.39. The molecule has 92 valence electrons. The molecule has 1 amide bonds. The van der Waals surface area contributed by atoms with Gasteiger partial charge < -0.3 is 15.5 Å². The molecule has 1 fully saturated rings. The van der Waals surface area contributed by atoms with Gasteiger partial charge in [0.25, 0.3) is 0 Å². The van der Waals surface area contributed by atoms with Crippen LogP contribution < -0.4 is 5.32 Å². The molecular weight excluding hydrogens is 210 g/mol. The van der Waals surface area contributed by atoms with Crippen molar-refractivity contribution in [2.75, 3.05) is 7.05 Å². The van der Waals surface area contributed by atoms with E-state index in [-0.39, 0.29) is 0 Å². The highest BCUT2D eigenvalue weighted by atomic mass is 16.4. The van der Waals surface area contributed by atoms with Crippen LogP contribution in [-0.4, -0.2) is 35.2 Å². The summed E-state index contributed by atoms with van der Waals surface area (Å²) in [5, 5.41) is 21.5. The van der Waals surface area contributed by atoms with E-state index in [1.807, 2.05) is 0 Å². The second-order valence-electron chi connectivity index (χ2n) is 4.54. The first-order valence-electron chi connectivity index (χ1n) is 5.58. The van der Waals surface area contributed by atoms with Gasteiger partial charge in [-0.15, -0.1) is 0 Å². The van der Waals surface area contributed by atoms with Crippen LogP contribution in [0.2, 0.25) is 0 Å². The van der Waals surface area contributed by atoms with Crippen molar-refractivity contribution >= 4 is 11.9 Å². The third kappa shape index (κ3) is 2.04. The van der Waals surface area contributed by atoms with Gasteiger partial charge in [-0.05, 0) is 19.8 Å². The maximum Gasteiger partial charge on any atom is 0.319 e. The Morgan fingerprint density at radius 2 is 1.88 bits per heavy atom. The van der Waals surface area contributed by atoms with Crippen LogP contribution in [0.25, 0.3) is 0 Å². The summed E-state index contributed by atoms with van der Waals surface area (Å²) in [6.45, 7) is 1.40. The molecule has 0 spiro atoms. The van der Waals surface area contributed by atoms with Crippen LogP contribution in [0, 0.1) is 11.3 Å². The van der Waals surface area contributed by atoms with Gasteiger partial charge in [-0.1, -0.05) is 12.8 Å². The Labute approximate surface area is 94.8 Å². The highest BCUT2D eigenvalue weighted by molar-refractivity contribution is 6.01. The van der Waals surface area contributed by atoms with E-state index in [0.29, 0.717) is 12.8 Å². The number of nitrogens with one attached hydrogen (secondary N) is 1. The van der Waals surface area contributed by atoms with Crippen LogP contribution in [-0.2, 0) is 9.59 Å². The monoisotopic (exact) mass is 229 g/mol. The van der Waals surface area contributed by atoms with Crippen LogP contribution >= 0.6 is 0 Å². The van der Waals surface area contributed by atoms with E-state index in [4.69, 9.17) is 0 Å². The van der Waals surface area contributed by atoms with Crippen LogP contribution in [0.4, 0.5) is 0 Å². The number of carboxylic acids is 1. The smallest absolute Gasteiger partial charge is 0.319 e. The molecule has 0 bridgehead atoms. The van der Waals surface area contributed by atoms with Crippen LogP contribution in [0.5, 0.6) is 0 Å². The van der Waals surface area contributed by atoms with Gasteiger partial charge in [-0.3, -0.25) is 9.59 Å². The van der Waals surface area contributed by atoms with Crippen molar-refractivity contribution in [2.24, 2.45) is 11.3 Å². The maximum absolute atomic E-state index is 11.7. The molecule has 1 saturated carbocycles. The lowest BCUT2D eigenvalue weighted by molar-refractivity contribution is -0.163. The predicted molar refractivity (Wildman–Crippen MR) is 57.8 cm³/mol. The minimum atomic E-state index is -1.53. The molecule has 0 saturated heterocycles. The van der Waals surface area contributed by atoms with Crippen molar-refractivity contribution in [3.05, 3.63) is 0 Å². The summed E-state index contributed by atoms with van der Waals surface area (Å²) in [5.41, 5.74) is -1.53. The molecule has 0 aromatic carbocycles. The van der Waals surface area contributed by atoms with E-state index < -0.39 is 29.3 Å². The largest absolute Gasteiger partial charge is 0.480 e. The second kappa shape index (κ2) is 4.82. The first kappa shape index (κ1) is 13.0. The molecular formula is C11H19NO4. The van der Waals surface area contributed by atoms with Crippen LogP contribution in [0.1, 0.15) is 32.6 Å². The van der Waals surface area contributed by atoms with Gasteiger partial charge in [0.2, 0.25) is 5.91 Å². The Hall–Kier alpha value is -1.10. The number of carboxylic acid groups (broad SMARTS) is 1. The number of aliphatic hydroxyl groups is 1. The predicted octanol–water partition coefficient (Wildman–Crippen LogP) is 0.374. The summed E-state index contributed by atoms with van der Waals surface area (Å²) in [5.74, 6) is -2.21. The van der Waals surface area contributed by atoms with E-state index in [0.717, 1.165) is 12.8 Å². The average molecular weight is 229 g/mol. The molecule has 0 aromatic rings. The number of amides is 1. The lowest BCUT2D eigenvalue weighted by Crippen LogP contribution is -2.52. The zero-order valence-corrected chi connectivity index (χ0v) is 9.69. The van der Waals surface area contributed by atoms with E-state index in [2.05, 4.69) is 5.32 Å². The Morgan fingerprint density at radius 3 is 2.31 bits per heavy atom. The van der Waals surface area contributed by atoms with Gasteiger partial charge in [0.05, 0.1) is 6.10 Å². The van der Waals surface area contributed by atoms with Crippen molar-refractivity contribution in [1.82, 2.24) is 5.32 Å².